The molecule has 0 radical (unpaired) electrons. The van der Waals surface area contributed by atoms with Gasteiger partial charge in [0, 0.05) is 37.0 Å². The first kappa shape index (κ1) is 37.2. The van der Waals surface area contributed by atoms with E-state index in [0.29, 0.717) is 38.8 Å². The maximum absolute atomic E-state index is 14.8. The number of benzene rings is 1. The smallest absolute Gasteiger partial charge is 0.306 e. The van der Waals surface area contributed by atoms with Crippen molar-refractivity contribution in [1.29, 1.82) is 0 Å². The number of esters is 1. The number of likely N-dealkylation sites (tertiary alicyclic amines) is 1. The number of aliphatic hydroxyl groups is 1. The Morgan fingerprint density at radius 3 is 2.53 bits per heavy atom. The van der Waals surface area contributed by atoms with Crippen LogP contribution < -0.4 is 5.32 Å². The van der Waals surface area contributed by atoms with Crippen molar-refractivity contribution in [3.63, 3.8) is 0 Å². The average Bonchev–Trinajstić information content (AvgIpc) is 3.71. The number of allylic oxidation sites excluding steroid dienone is 1. The van der Waals surface area contributed by atoms with Crippen LogP contribution in [-0.4, -0.2) is 93.5 Å². The van der Waals surface area contributed by atoms with Crippen molar-refractivity contribution in [3.05, 3.63) is 61.2 Å². The highest BCUT2D eigenvalue weighted by Gasteiger charge is 2.76. The fraction of sp³-hybridized carbons (Fsp3) is 0.632. The molecule has 1 spiro atoms. The predicted molar refractivity (Wildman–Crippen MR) is 189 cm³/mol. The molecule has 1 aromatic rings. The second kappa shape index (κ2) is 17.3. The van der Waals surface area contributed by atoms with Crippen LogP contribution in [0.2, 0.25) is 0 Å². The largest absolute Gasteiger partial charge is 0.463 e. The lowest BCUT2D eigenvalue weighted by molar-refractivity contribution is -0.150. The number of rotatable bonds is 18. The molecule has 11 heteroatoms. The number of hydrogen-bond donors (Lipinski definition) is 2. The molecule has 4 fully saturated rings. The Hall–Kier alpha value is -3.02. The Morgan fingerprint density at radius 1 is 1.10 bits per heavy atom. The molecule has 3 amide bonds. The highest BCUT2D eigenvalue weighted by molar-refractivity contribution is 9.09. The number of carbonyl (C=O) groups is 4. The molecular weight excluding hydrogens is 690 g/mol. The second-order valence-electron chi connectivity index (χ2n) is 13.9. The number of alkyl halides is 1. The topological polar surface area (TPSA) is 125 Å². The van der Waals surface area contributed by atoms with Crippen LogP contribution in [0.4, 0.5) is 0 Å². The van der Waals surface area contributed by atoms with Crippen LogP contribution in [-0.2, 0) is 28.7 Å². The monoisotopic (exact) mass is 741 g/mol. The predicted octanol–water partition coefficient (Wildman–Crippen LogP) is 5.00. The van der Waals surface area contributed by atoms with Crippen molar-refractivity contribution in [3.8, 4) is 0 Å². The minimum atomic E-state index is -1.16. The van der Waals surface area contributed by atoms with E-state index in [1.165, 1.54) is 0 Å². The van der Waals surface area contributed by atoms with Crippen LogP contribution in [0.1, 0.15) is 88.7 Å². The molecule has 3 saturated heterocycles. The lowest BCUT2D eigenvalue weighted by Crippen LogP contribution is -2.58. The maximum atomic E-state index is 14.8. The molecule has 3 aliphatic heterocycles. The maximum Gasteiger partial charge on any atom is 0.306 e. The minimum absolute atomic E-state index is 0.0643. The number of carbonyl (C=O) groups excluding carboxylic acids is 4. The number of unbranched alkanes of at least 4 members (excludes halogenated alkanes) is 3. The van der Waals surface area contributed by atoms with Gasteiger partial charge in [-0.1, -0.05) is 90.5 Å². The number of fused-ring (bicyclic) bond motifs is 1. The van der Waals surface area contributed by atoms with Crippen LogP contribution in [0.5, 0.6) is 0 Å². The third-order valence-electron chi connectivity index (χ3n) is 10.7. The second-order valence-corrected chi connectivity index (χ2v) is 15.1. The number of nitrogens with one attached hydrogen (secondary N) is 1. The minimum Gasteiger partial charge on any atom is -0.463 e. The van der Waals surface area contributed by atoms with Gasteiger partial charge in [-0.05, 0) is 44.1 Å². The first-order valence-corrected chi connectivity index (χ1v) is 18.9. The van der Waals surface area contributed by atoms with E-state index >= 15 is 0 Å². The van der Waals surface area contributed by atoms with Gasteiger partial charge in [0.1, 0.15) is 18.2 Å². The summed E-state index contributed by atoms with van der Waals surface area (Å²) in [6, 6.07) is 7.87. The van der Waals surface area contributed by atoms with Gasteiger partial charge in [0.15, 0.2) is 0 Å². The van der Waals surface area contributed by atoms with Crippen molar-refractivity contribution in [2.45, 2.75) is 112 Å². The molecule has 2 N–H and O–H groups in total. The zero-order chi connectivity index (χ0) is 35.0. The van der Waals surface area contributed by atoms with Crippen LogP contribution >= 0.6 is 15.9 Å². The summed E-state index contributed by atoms with van der Waals surface area (Å²) < 4.78 is 12.4. The van der Waals surface area contributed by atoms with Gasteiger partial charge in [-0.2, -0.15) is 0 Å². The average molecular weight is 743 g/mol. The zero-order valence-electron chi connectivity index (χ0n) is 28.5. The molecule has 0 aromatic heterocycles. The third-order valence-corrected chi connectivity index (χ3v) is 11.6. The Labute approximate surface area is 298 Å². The van der Waals surface area contributed by atoms with Gasteiger partial charge in [-0.3, -0.25) is 19.2 Å². The Morgan fingerprint density at radius 2 is 1.84 bits per heavy atom. The summed E-state index contributed by atoms with van der Waals surface area (Å²) in [7, 11) is 0. The third kappa shape index (κ3) is 7.99. The van der Waals surface area contributed by atoms with Crippen molar-refractivity contribution >= 4 is 39.6 Å². The van der Waals surface area contributed by atoms with E-state index in [9.17, 15) is 24.3 Å². The number of halogens is 1. The van der Waals surface area contributed by atoms with Crippen molar-refractivity contribution in [2.75, 3.05) is 26.3 Å². The highest BCUT2D eigenvalue weighted by Crippen LogP contribution is 2.60. The van der Waals surface area contributed by atoms with E-state index in [-0.39, 0.29) is 54.2 Å². The van der Waals surface area contributed by atoms with E-state index in [1.807, 2.05) is 35.2 Å². The molecule has 10 nitrogen and oxygen atoms in total. The summed E-state index contributed by atoms with van der Waals surface area (Å²) in [4.78, 5) is 59.6. The van der Waals surface area contributed by atoms with Crippen molar-refractivity contribution in [2.24, 2.45) is 11.8 Å². The number of amides is 3. The summed E-state index contributed by atoms with van der Waals surface area (Å²) in [6.45, 7) is 8.41. The van der Waals surface area contributed by atoms with E-state index in [1.54, 1.807) is 17.1 Å². The lowest BCUT2D eigenvalue weighted by Gasteiger charge is -2.41. The summed E-state index contributed by atoms with van der Waals surface area (Å²) >= 11 is 3.79. The quantitative estimate of drug-likeness (QED) is 0.0939. The molecule has 1 saturated carbocycles. The van der Waals surface area contributed by atoms with Crippen LogP contribution in [0.15, 0.2) is 55.6 Å². The molecular formula is C38H52BrN3O7. The number of hydrogen-bond acceptors (Lipinski definition) is 7. The molecule has 1 unspecified atom stereocenters. The first-order chi connectivity index (χ1) is 23.8. The SMILES string of the molecule is C=CCCC(=O)OC[C@@H](NC(=O)[C@@H]1[C@H]2O[C@@]3(CC2Br)[C@H](C(=O)N(CC=C)C2CCCCC2)N(CCCCCCO)C(=O)[C@@H]13)c1ccccc1. The molecule has 1 aliphatic carbocycles. The van der Waals surface area contributed by atoms with Gasteiger partial charge in [0.25, 0.3) is 0 Å². The molecule has 5 rings (SSSR count). The molecule has 2 bridgehead atoms. The van der Waals surface area contributed by atoms with Gasteiger partial charge in [0.05, 0.1) is 24.0 Å². The zero-order valence-corrected chi connectivity index (χ0v) is 30.1. The van der Waals surface area contributed by atoms with Gasteiger partial charge in [-0.25, -0.2) is 0 Å². The lowest BCUT2D eigenvalue weighted by atomic mass is 9.70. The van der Waals surface area contributed by atoms with E-state index in [4.69, 9.17) is 9.47 Å². The van der Waals surface area contributed by atoms with E-state index < -0.39 is 35.6 Å². The highest BCUT2D eigenvalue weighted by atomic mass is 79.9. The van der Waals surface area contributed by atoms with Crippen molar-refractivity contribution in [1.82, 2.24) is 15.1 Å². The van der Waals surface area contributed by atoms with E-state index in [0.717, 1.165) is 50.5 Å². The standard InChI is InChI=1S/C38H52BrN3O7/c1-3-5-20-30(44)48-25-29(26-16-10-8-11-17-26)40-35(45)31-32-36(46)42(22-14-6-7-15-23-43)34(38(32)24-28(39)33(31)49-38)37(47)41(21-4-2)27-18-12-9-13-19-27/h3-4,8,10-11,16-17,27-29,31-34,43H,1-2,5-7,9,12-15,18-25H2,(H,40,45)/t28?,29-,31+,32-,33+,34+,38-/m1/s1. The number of nitrogens with zero attached hydrogens (tertiary/aromatic N) is 2. The molecule has 3 heterocycles. The van der Waals surface area contributed by atoms with Crippen molar-refractivity contribution < 1.29 is 33.8 Å². The first-order valence-electron chi connectivity index (χ1n) is 18.0. The number of aliphatic hydroxyl groups excluding tert-OH is 1. The molecule has 268 valence electrons. The normalized spacial score (nSPS) is 28.2. The Bertz CT molecular complexity index is 1340. The van der Waals surface area contributed by atoms with Crippen LogP contribution in [0.25, 0.3) is 0 Å². The van der Waals surface area contributed by atoms with Gasteiger partial charge >= 0.3 is 5.97 Å². The molecule has 49 heavy (non-hydrogen) atoms. The van der Waals surface area contributed by atoms with Gasteiger partial charge in [-0.15, -0.1) is 13.2 Å². The fourth-order valence-corrected chi connectivity index (χ4v) is 9.39. The fourth-order valence-electron chi connectivity index (χ4n) is 8.45. The summed E-state index contributed by atoms with van der Waals surface area (Å²) in [5.74, 6) is -2.78. The summed E-state index contributed by atoms with van der Waals surface area (Å²) in [5.41, 5.74) is -0.391. The molecule has 7 atom stereocenters. The molecule has 4 aliphatic rings. The number of ether oxygens (including phenoxy) is 2. The summed E-state index contributed by atoms with van der Waals surface area (Å²) in [6.07, 6.45) is 12.0. The Kier molecular flexibility index (Phi) is 13.1. The van der Waals surface area contributed by atoms with Crippen LogP contribution in [0.3, 0.4) is 0 Å². The van der Waals surface area contributed by atoms with Gasteiger partial charge in [0.2, 0.25) is 17.7 Å². The molecule has 1 aromatic carbocycles. The van der Waals surface area contributed by atoms with E-state index in [2.05, 4.69) is 34.4 Å². The van der Waals surface area contributed by atoms with Gasteiger partial charge < -0.3 is 29.7 Å². The Balaban J connectivity index is 1.44. The van der Waals surface area contributed by atoms with Crippen LogP contribution in [0, 0.1) is 11.8 Å². The summed E-state index contributed by atoms with van der Waals surface area (Å²) in [5, 5.41) is 12.4.